The van der Waals surface area contributed by atoms with Gasteiger partial charge in [-0.05, 0) is 26.2 Å². The number of carboxylic acid groups (broad SMARTS) is 1. The molecule has 18 heavy (non-hydrogen) atoms. The van der Waals surface area contributed by atoms with Crippen LogP contribution < -0.4 is 5.32 Å². The SMILES string of the molecule is COCCCC(NC(=O)C1CCOC1C)C(=O)O. The summed E-state index contributed by atoms with van der Waals surface area (Å²) in [4.78, 5) is 23.0. The minimum Gasteiger partial charge on any atom is -0.480 e. The summed E-state index contributed by atoms with van der Waals surface area (Å²) < 4.78 is 10.2. The van der Waals surface area contributed by atoms with Crippen molar-refractivity contribution in [2.24, 2.45) is 5.92 Å². The van der Waals surface area contributed by atoms with Crippen molar-refractivity contribution in [2.75, 3.05) is 20.3 Å². The van der Waals surface area contributed by atoms with Crippen LogP contribution in [0, 0.1) is 5.92 Å². The van der Waals surface area contributed by atoms with Crippen LogP contribution in [0.15, 0.2) is 0 Å². The molecule has 1 rings (SSSR count). The Morgan fingerprint density at radius 2 is 2.28 bits per heavy atom. The summed E-state index contributed by atoms with van der Waals surface area (Å²) in [5.41, 5.74) is 0. The second kappa shape index (κ2) is 7.33. The third-order valence-electron chi connectivity index (χ3n) is 3.17. The van der Waals surface area contributed by atoms with Crippen LogP contribution in [-0.2, 0) is 19.1 Å². The number of amides is 1. The first-order valence-electron chi connectivity index (χ1n) is 6.20. The number of rotatable bonds is 7. The fraction of sp³-hybridized carbons (Fsp3) is 0.833. The second-order valence-corrected chi connectivity index (χ2v) is 4.51. The summed E-state index contributed by atoms with van der Waals surface area (Å²) in [5.74, 6) is -1.48. The van der Waals surface area contributed by atoms with Crippen molar-refractivity contribution >= 4 is 11.9 Å². The Labute approximate surface area is 107 Å². The summed E-state index contributed by atoms with van der Waals surface area (Å²) in [7, 11) is 1.56. The minimum absolute atomic E-state index is 0.140. The van der Waals surface area contributed by atoms with E-state index in [0.717, 1.165) is 0 Å². The highest BCUT2D eigenvalue weighted by Gasteiger charge is 2.32. The molecule has 1 saturated heterocycles. The molecule has 3 unspecified atom stereocenters. The Balaban J connectivity index is 2.44. The Bertz CT molecular complexity index is 294. The maximum absolute atomic E-state index is 11.9. The van der Waals surface area contributed by atoms with Crippen molar-refractivity contribution < 1.29 is 24.2 Å². The van der Waals surface area contributed by atoms with Gasteiger partial charge in [0.2, 0.25) is 5.91 Å². The molecule has 0 aromatic carbocycles. The Morgan fingerprint density at radius 3 is 2.78 bits per heavy atom. The van der Waals surface area contributed by atoms with Gasteiger partial charge in [0.25, 0.3) is 0 Å². The lowest BCUT2D eigenvalue weighted by molar-refractivity contribution is -0.143. The van der Waals surface area contributed by atoms with E-state index in [9.17, 15) is 9.59 Å². The Morgan fingerprint density at radius 1 is 1.56 bits per heavy atom. The average molecular weight is 259 g/mol. The molecule has 3 atom stereocenters. The van der Waals surface area contributed by atoms with Crippen molar-refractivity contribution in [3.8, 4) is 0 Å². The molecule has 0 aromatic rings. The second-order valence-electron chi connectivity index (χ2n) is 4.51. The lowest BCUT2D eigenvalue weighted by Crippen LogP contribution is -2.45. The topological polar surface area (TPSA) is 84.9 Å². The highest BCUT2D eigenvalue weighted by atomic mass is 16.5. The van der Waals surface area contributed by atoms with Gasteiger partial charge in [-0.1, -0.05) is 0 Å². The molecule has 1 aliphatic heterocycles. The molecule has 0 spiro atoms. The number of nitrogens with one attached hydrogen (secondary N) is 1. The molecule has 0 aromatic heterocycles. The number of hydrogen-bond acceptors (Lipinski definition) is 4. The van der Waals surface area contributed by atoms with Crippen LogP contribution in [0.1, 0.15) is 26.2 Å². The van der Waals surface area contributed by atoms with Crippen LogP contribution in [-0.4, -0.2) is 49.5 Å². The zero-order chi connectivity index (χ0) is 13.5. The molecule has 0 radical (unpaired) electrons. The lowest BCUT2D eigenvalue weighted by Gasteiger charge is -2.18. The summed E-state index contributed by atoms with van der Waals surface area (Å²) >= 11 is 0. The van der Waals surface area contributed by atoms with E-state index in [4.69, 9.17) is 14.6 Å². The van der Waals surface area contributed by atoms with Crippen LogP contribution in [0.3, 0.4) is 0 Å². The lowest BCUT2D eigenvalue weighted by atomic mass is 10.0. The number of methoxy groups -OCH3 is 1. The summed E-state index contributed by atoms with van der Waals surface area (Å²) in [5, 5.41) is 11.6. The van der Waals surface area contributed by atoms with Gasteiger partial charge in [0.1, 0.15) is 6.04 Å². The van der Waals surface area contributed by atoms with Gasteiger partial charge in [0, 0.05) is 20.3 Å². The van der Waals surface area contributed by atoms with Crippen LogP contribution in [0.4, 0.5) is 0 Å². The van der Waals surface area contributed by atoms with Gasteiger partial charge < -0.3 is 19.9 Å². The number of hydrogen-bond donors (Lipinski definition) is 2. The van der Waals surface area contributed by atoms with E-state index >= 15 is 0 Å². The maximum Gasteiger partial charge on any atom is 0.326 e. The van der Waals surface area contributed by atoms with Gasteiger partial charge in [0.05, 0.1) is 12.0 Å². The van der Waals surface area contributed by atoms with Crippen LogP contribution in [0.5, 0.6) is 0 Å². The maximum atomic E-state index is 11.9. The monoisotopic (exact) mass is 259 g/mol. The zero-order valence-corrected chi connectivity index (χ0v) is 10.8. The predicted molar refractivity (Wildman–Crippen MR) is 64.2 cm³/mol. The third-order valence-corrected chi connectivity index (χ3v) is 3.17. The molecule has 6 heteroatoms. The molecule has 1 aliphatic rings. The molecule has 2 N–H and O–H groups in total. The van der Waals surface area contributed by atoms with Crippen LogP contribution >= 0.6 is 0 Å². The van der Waals surface area contributed by atoms with Crippen molar-refractivity contribution in [3.63, 3.8) is 0 Å². The fourth-order valence-corrected chi connectivity index (χ4v) is 2.04. The predicted octanol–water partition coefficient (Wildman–Crippen LogP) is 0.407. The van der Waals surface area contributed by atoms with Crippen LogP contribution in [0.25, 0.3) is 0 Å². The number of carbonyl (C=O) groups is 2. The van der Waals surface area contributed by atoms with Gasteiger partial charge in [-0.2, -0.15) is 0 Å². The number of carboxylic acids is 1. The highest BCUT2D eigenvalue weighted by Crippen LogP contribution is 2.20. The van der Waals surface area contributed by atoms with Crippen LogP contribution in [0.2, 0.25) is 0 Å². The number of aliphatic carboxylic acids is 1. The molecule has 0 aliphatic carbocycles. The van der Waals surface area contributed by atoms with E-state index in [0.29, 0.717) is 32.5 Å². The van der Waals surface area contributed by atoms with E-state index in [-0.39, 0.29) is 17.9 Å². The quantitative estimate of drug-likeness (QED) is 0.647. The Kier molecular flexibility index (Phi) is 6.07. The minimum atomic E-state index is -1.01. The van der Waals surface area contributed by atoms with Crippen molar-refractivity contribution in [3.05, 3.63) is 0 Å². The van der Waals surface area contributed by atoms with E-state index in [2.05, 4.69) is 5.32 Å². The zero-order valence-electron chi connectivity index (χ0n) is 10.8. The van der Waals surface area contributed by atoms with Gasteiger partial charge in [-0.15, -0.1) is 0 Å². The molecule has 6 nitrogen and oxygen atoms in total. The average Bonchev–Trinajstić information content (AvgIpc) is 2.74. The molecule has 104 valence electrons. The Hall–Kier alpha value is -1.14. The van der Waals surface area contributed by atoms with Crippen molar-refractivity contribution in [1.29, 1.82) is 0 Å². The van der Waals surface area contributed by atoms with E-state index in [1.807, 2.05) is 6.92 Å². The summed E-state index contributed by atoms with van der Waals surface area (Å²) in [6, 6.07) is -0.847. The molecule has 1 heterocycles. The normalized spacial score (nSPS) is 24.8. The standard InChI is InChI=1S/C12H21NO5/c1-8-9(5-7-18-8)11(14)13-10(12(15)16)4-3-6-17-2/h8-10H,3-7H2,1-2H3,(H,13,14)(H,15,16). The first kappa shape index (κ1) is 14.9. The molecule has 1 fully saturated rings. The van der Waals surface area contributed by atoms with E-state index in [1.54, 1.807) is 7.11 Å². The van der Waals surface area contributed by atoms with Crippen molar-refractivity contribution in [1.82, 2.24) is 5.32 Å². The first-order chi connectivity index (χ1) is 8.56. The van der Waals surface area contributed by atoms with Gasteiger partial charge in [-0.25, -0.2) is 4.79 Å². The largest absolute Gasteiger partial charge is 0.480 e. The van der Waals surface area contributed by atoms with E-state index < -0.39 is 12.0 Å². The van der Waals surface area contributed by atoms with Gasteiger partial charge >= 0.3 is 5.97 Å². The third kappa shape index (κ3) is 4.27. The molecule has 1 amide bonds. The first-order valence-corrected chi connectivity index (χ1v) is 6.20. The smallest absolute Gasteiger partial charge is 0.326 e. The number of carbonyl (C=O) groups excluding carboxylic acids is 1. The molecular formula is C12H21NO5. The fourth-order valence-electron chi connectivity index (χ4n) is 2.04. The molecule has 0 bridgehead atoms. The molecular weight excluding hydrogens is 238 g/mol. The highest BCUT2D eigenvalue weighted by molar-refractivity contribution is 5.85. The van der Waals surface area contributed by atoms with Crippen molar-refractivity contribution in [2.45, 2.75) is 38.3 Å². The van der Waals surface area contributed by atoms with E-state index in [1.165, 1.54) is 0 Å². The summed E-state index contributed by atoms with van der Waals surface area (Å²) in [6.45, 7) is 2.88. The molecule has 0 saturated carbocycles. The summed E-state index contributed by atoms with van der Waals surface area (Å²) in [6.07, 6.45) is 1.48. The number of ether oxygens (including phenoxy) is 2. The van der Waals surface area contributed by atoms with Gasteiger partial charge in [0.15, 0.2) is 0 Å². The van der Waals surface area contributed by atoms with Gasteiger partial charge in [-0.3, -0.25) is 4.79 Å².